The smallest absolute Gasteiger partial charge is 0.127 e. The summed E-state index contributed by atoms with van der Waals surface area (Å²) < 4.78 is 0.981. The van der Waals surface area contributed by atoms with Crippen LogP contribution in [0, 0.1) is 10.6 Å². The largest absolute Gasteiger partial charge is 0.233 e. The van der Waals surface area contributed by atoms with E-state index in [1.165, 1.54) is 0 Å². The lowest BCUT2D eigenvalue weighted by Crippen LogP contribution is -1.93. The van der Waals surface area contributed by atoms with Crippen molar-refractivity contribution >= 4 is 22.6 Å². The molecular weight excluding hydrogens is 287 g/mol. The quantitative estimate of drug-likeness (QED) is 0.597. The number of rotatable bonds is 1. The lowest BCUT2D eigenvalue weighted by atomic mass is 10.1. The second kappa shape index (κ2) is 4.04. The molecule has 0 amide bonds. The Bertz CT molecular complexity index is 420. The van der Waals surface area contributed by atoms with Crippen molar-refractivity contribution in [2.75, 3.05) is 0 Å². The fraction of sp³-hybridized carbons (Fsp3) is 0.0909. The maximum atomic E-state index is 4.39. The average molecular weight is 296 g/mol. The first-order chi connectivity index (χ1) is 6.75. The third-order valence-electron chi connectivity index (χ3n) is 1.88. The Morgan fingerprint density at radius 3 is 2.43 bits per heavy atom. The molecule has 2 rings (SSSR count). The Morgan fingerprint density at radius 2 is 1.79 bits per heavy atom. The van der Waals surface area contributed by atoms with Crippen LogP contribution >= 0.6 is 22.6 Å². The number of halogens is 1. The topological polar surface area (TPSA) is 25.8 Å². The Hall–Kier alpha value is -0.970. The van der Waals surface area contributed by atoms with E-state index in [2.05, 4.69) is 44.7 Å². The van der Waals surface area contributed by atoms with Crippen LogP contribution in [0.2, 0.25) is 0 Å². The van der Waals surface area contributed by atoms with Crippen LogP contribution in [0.15, 0.2) is 36.4 Å². The van der Waals surface area contributed by atoms with E-state index in [4.69, 9.17) is 0 Å². The zero-order chi connectivity index (χ0) is 9.97. The van der Waals surface area contributed by atoms with Gasteiger partial charge in [-0.3, -0.25) is 0 Å². The summed E-state index contributed by atoms with van der Waals surface area (Å²) in [6.45, 7) is 1.91. The van der Waals surface area contributed by atoms with Crippen molar-refractivity contribution in [2.45, 2.75) is 6.92 Å². The third kappa shape index (κ3) is 2.09. The van der Waals surface area contributed by atoms with Gasteiger partial charge in [-0.05, 0) is 35.6 Å². The summed E-state index contributed by atoms with van der Waals surface area (Å²) in [6.07, 6.45) is 0. The molecule has 2 nitrogen and oxygen atoms in total. The van der Waals surface area contributed by atoms with Crippen molar-refractivity contribution in [1.82, 2.24) is 9.97 Å². The molecule has 0 atom stereocenters. The molecule has 0 aliphatic carbocycles. The van der Waals surface area contributed by atoms with Crippen molar-refractivity contribution in [3.8, 4) is 11.3 Å². The van der Waals surface area contributed by atoms with Gasteiger partial charge in [0.1, 0.15) is 9.53 Å². The second-order valence-electron chi connectivity index (χ2n) is 2.99. The first-order valence-electron chi connectivity index (χ1n) is 4.32. The number of benzene rings is 1. The highest BCUT2D eigenvalue weighted by Crippen LogP contribution is 2.17. The van der Waals surface area contributed by atoms with Crippen LogP contribution in [-0.2, 0) is 0 Å². The summed E-state index contributed by atoms with van der Waals surface area (Å²) in [5.74, 6) is 0.816. The molecular formula is C11H9IN2. The van der Waals surface area contributed by atoms with E-state index in [9.17, 15) is 0 Å². The standard InChI is InChI=1S/C11H9IN2/c1-8-13-10(7-11(12)14-8)9-5-3-2-4-6-9/h2-7H,1H3. The molecule has 0 saturated heterocycles. The normalized spacial score (nSPS) is 10.1. The summed E-state index contributed by atoms with van der Waals surface area (Å²) in [5, 5.41) is 0. The molecule has 1 aromatic carbocycles. The highest BCUT2D eigenvalue weighted by atomic mass is 127. The summed E-state index contributed by atoms with van der Waals surface area (Å²) in [4.78, 5) is 8.62. The van der Waals surface area contributed by atoms with Gasteiger partial charge in [-0.2, -0.15) is 0 Å². The Kier molecular flexibility index (Phi) is 2.77. The van der Waals surface area contributed by atoms with Crippen LogP contribution in [0.25, 0.3) is 11.3 Å². The lowest BCUT2D eigenvalue weighted by Gasteiger charge is -2.01. The molecule has 1 heterocycles. The summed E-state index contributed by atoms with van der Waals surface area (Å²) >= 11 is 2.21. The van der Waals surface area contributed by atoms with E-state index < -0.39 is 0 Å². The van der Waals surface area contributed by atoms with Crippen LogP contribution in [0.3, 0.4) is 0 Å². The predicted octanol–water partition coefficient (Wildman–Crippen LogP) is 3.06. The number of hydrogen-bond donors (Lipinski definition) is 0. The van der Waals surface area contributed by atoms with Crippen LogP contribution in [0.5, 0.6) is 0 Å². The van der Waals surface area contributed by atoms with Crippen molar-refractivity contribution in [1.29, 1.82) is 0 Å². The molecule has 14 heavy (non-hydrogen) atoms. The summed E-state index contributed by atoms with van der Waals surface area (Å²) in [7, 11) is 0. The van der Waals surface area contributed by atoms with Crippen molar-refractivity contribution < 1.29 is 0 Å². The van der Waals surface area contributed by atoms with Gasteiger partial charge < -0.3 is 0 Å². The molecule has 1 aromatic heterocycles. The van der Waals surface area contributed by atoms with Gasteiger partial charge in [0.05, 0.1) is 5.69 Å². The Morgan fingerprint density at radius 1 is 1.07 bits per heavy atom. The fourth-order valence-electron chi connectivity index (χ4n) is 1.29. The first-order valence-corrected chi connectivity index (χ1v) is 5.40. The van der Waals surface area contributed by atoms with Crippen LogP contribution in [-0.4, -0.2) is 9.97 Å². The molecule has 0 fully saturated rings. The number of nitrogens with zero attached hydrogens (tertiary/aromatic N) is 2. The minimum absolute atomic E-state index is 0.816. The summed E-state index contributed by atoms with van der Waals surface area (Å²) in [6, 6.07) is 12.1. The van der Waals surface area contributed by atoms with Gasteiger partial charge in [-0.25, -0.2) is 9.97 Å². The number of hydrogen-bond acceptors (Lipinski definition) is 2. The van der Waals surface area contributed by atoms with Crippen molar-refractivity contribution in [2.24, 2.45) is 0 Å². The van der Waals surface area contributed by atoms with Gasteiger partial charge in [0.25, 0.3) is 0 Å². The van der Waals surface area contributed by atoms with E-state index >= 15 is 0 Å². The molecule has 0 saturated carbocycles. The SMILES string of the molecule is Cc1nc(I)cc(-c2ccccc2)n1. The maximum absolute atomic E-state index is 4.39. The van der Waals surface area contributed by atoms with E-state index in [1.807, 2.05) is 31.2 Å². The number of aromatic nitrogens is 2. The van der Waals surface area contributed by atoms with E-state index in [1.54, 1.807) is 0 Å². The molecule has 70 valence electrons. The zero-order valence-corrected chi connectivity index (χ0v) is 9.89. The summed E-state index contributed by atoms with van der Waals surface area (Å²) in [5.41, 5.74) is 2.12. The van der Waals surface area contributed by atoms with Crippen LogP contribution in [0.4, 0.5) is 0 Å². The average Bonchev–Trinajstić information content (AvgIpc) is 2.18. The minimum atomic E-state index is 0.816. The molecule has 0 bridgehead atoms. The van der Waals surface area contributed by atoms with Gasteiger partial charge in [0, 0.05) is 5.56 Å². The third-order valence-corrected chi connectivity index (χ3v) is 2.43. The predicted molar refractivity (Wildman–Crippen MR) is 64.9 cm³/mol. The van der Waals surface area contributed by atoms with Gasteiger partial charge in [-0.1, -0.05) is 30.3 Å². The Labute approximate surface area is 96.6 Å². The molecule has 3 heteroatoms. The minimum Gasteiger partial charge on any atom is -0.233 e. The molecule has 0 N–H and O–H groups in total. The molecule has 2 aromatic rings. The monoisotopic (exact) mass is 296 g/mol. The molecule has 0 radical (unpaired) electrons. The first kappa shape index (κ1) is 9.58. The van der Waals surface area contributed by atoms with E-state index in [0.717, 1.165) is 20.8 Å². The molecule has 0 aliphatic rings. The highest BCUT2D eigenvalue weighted by Gasteiger charge is 2.01. The second-order valence-corrected chi connectivity index (χ2v) is 4.09. The van der Waals surface area contributed by atoms with Gasteiger partial charge in [0.2, 0.25) is 0 Å². The molecule has 0 unspecified atom stereocenters. The van der Waals surface area contributed by atoms with Crippen molar-refractivity contribution in [3.63, 3.8) is 0 Å². The molecule has 0 spiro atoms. The zero-order valence-electron chi connectivity index (χ0n) is 7.74. The van der Waals surface area contributed by atoms with Gasteiger partial charge >= 0.3 is 0 Å². The fourth-order valence-corrected chi connectivity index (χ4v) is 1.93. The van der Waals surface area contributed by atoms with E-state index in [0.29, 0.717) is 0 Å². The van der Waals surface area contributed by atoms with Gasteiger partial charge in [-0.15, -0.1) is 0 Å². The highest BCUT2D eigenvalue weighted by molar-refractivity contribution is 14.1. The molecule has 0 aliphatic heterocycles. The maximum Gasteiger partial charge on any atom is 0.127 e. The Balaban J connectivity index is 2.52. The van der Waals surface area contributed by atoms with Gasteiger partial charge in [0.15, 0.2) is 0 Å². The lowest BCUT2D eigenvalue weighted by molar-refractivity contribution is 1.04. The number of aryl methyl sites for hydroxylation is 1. The van der Waals surface area contributed by atoms with E-state index in [-0.39, 0.29) is 0 Å². The van der Waals surface area contributed by atoms with Crippen LogP contribution < -0.4 is 0 Å². The van der Waals surface area contributed by atoms with Crippen LogP contribution in [0.1, 0.15) is 5.82 Å². The van der Waals surface area contributed by atoms with Crippen molar-refractivity contribution in [3.05, 3.63) is 45.9 Å².